The smallest absolute Gasteiger partial charge is 0.158 e. The average Bonchev–Trinajstić information content (AvgIpc) is 2.82. The minimum Gasteiger partial charge on any atom is -0.383 e. The third-order valence-corrected chi connectivity index (χ3v) is 2.45. The number of benzene rings is 1. The van der Waals surface area contributed by atoms with E-state index in [1.54, 1.807) is 0 Å². The Hall–Kier alpha value is -2.50. The zero-order valence-corrected chi connectivity index (χ0v) is 8.36. The highest BCUT2D eigenvalue weighted by atomic mass is 15.2. The molecule has 0 atom stereocenters. The summed E-state index contributed by atoms with van der Waals surface area (Å²) in [5.74, 6) is 1.39. The summed E-state index contributed by atoms with van der Waals surface area (Å²) < 4.78 is 0. The van der Waals surface area contributed by atoms with Crippen LogP contribution >= 0.6 is 0 Å². The van der Waals surface area contributed by atoms with Crippen molar-refractivity contribution >= 4 is 22.7 Å². The first-order valence-electron chi connectivity index (χ1n) is 4.80. The number of H-pyrrole nitrogens is 2. The molecule has 0 saturated heterocycles. The van der Waals surface area contributed by atoms with Crippen LogP contribution in [-0.4, -0.2) is 20.2 Å². The summed E-state index contributed by atoms with van der Waals surface area (Å²) in [5.41, 5.74) is 13.9. The predicted molar refractivity (Wildman–Crippen MR) is 62.5 cm³/mol. The van der Waals surface area contributed by atoms with E-state index in [9.17, 15) is 0 Å². The molecule has 16 heavy (non-hydrogen) atoms. The summed E-state index contributed by atoms with van der Waals surface area (Å²) in [6.45, 7) is 0. The van der Waals surface area contributed by atoms with Crippen LogP contribution in [-0.2, 0) is 0 Å². The Balaban J connectivity index is 2.27. The molecule has 1 aromatic carbocycles. The van der Waals surface area contributed by atoms with Gasteiger partial charge in [0.1, 0.15) is 17.2 Å². The molecule has 0 aliphatic carbocycles. The van der Waals surface area contributed by atoms with E-state index < -0.39 is 0 Å². The Bertz CT molecular complexity index is 598. The standard InChI is InChI=1S/C10H10N6/c11-8-7(9(12)16-15-8)10-13-5-3-1-2-4-6(5)14-10/h1-4H,(H,13,14)(H5,11,12,15,16). The minimum atomic E-state index is 0.344. The van der Waals surface area contributed by atoms with Crippen molar-refractivity contribution in [1.29, 1.82) is 0 Å². The number of fused-ring (bicyclic) bond motifs is 1. The van der Waals surface area contributed by atoms with E-state index in [1.165, 1.54) is 0 Å². The molecule has 6 heteroatoms. The lowest BCUT2D eigenvalue weighted by atomic mass is 10.3. The van der Waals surface area contributed by atoms with Gasteiger partial charge in [0.05, 0.1) is 11.0 Å². The van der Waals surface area contributed by atoms with Gasteiger partial charge in [-0.25, -0.2) is 4.98 Å². The molecule has 80 valence electrons. The van der Waals surface area contributed by atoms with Crippen molar-refractivity contribution in [3.63, 3.8) is 0 Å². The maximum Gasteiger partial charge on any atom is 0.158 e. The van der Waals surface area contributed by atoms with Gasteiger partial charge < -0.3 is 16.5 Å². The van der Waals surface area contributed by atoms with Gasteiger partial charge in [-0.05, 0) is 12.1 Å². The highest BCUT2D eigenvalue weighted by Crippen LogP contribution is 2.28. The minimum absolute atomic E-state index is 0.344. The monoisotopic (exact) mass is 214 g/mol. The summed E-state index contributed by atoms with van der Waals surface area (Å²) in [7, 11) is 0. The van der Waals surface area contributed by atoms with Gasteiger partial charge in [0.2, 0.25) is 0 Å². The number of nitrogens with two attached hydrogens (primary N) is 2. The molecule has 0 fully saturated rings. The lowest BCUT2D eigenvalue weighted by Gasteiger charge is -1.93. The van der Waals surface area contributed by atoms with Gasteiger partial charge in [0, 0.05) is 0 Å². The van der Waals surface area contributed by atoms with E-state index in [0.717, 1.165) is 11.0 Å². The van der Waals surface area contributed by atoms with Gasteiger partial charge >= 0.3 is 0 Å². The Labute approximate surface area is 90.7 Å². The van der Waals surface area contributed by atoms with Crippen LogP contribution in [0.2, 0.25) is 0 Å². The van der Waals surface area contributed by atoms with Crippen molar-refractivity contribution in [2.24, 2.45) is 0 Å². The zero-order valence-electron chi connectivity index (χ0n) is 8.36. The lowest BCUT2D eigenvalue weighted by Crippen LogP contribution is -1.92. The highest BCUT2D eigenvalue weighted by molar-refractivity contribution is 5.85. The van der Waals surface area contributed by atoms with Crippen molar-refractivity contribution in [1.82, 2.24) is 20.2 Å². The summed E-state index contributed by atoms with van der Waals surface area (Å²) in [4.78, 5) is 7.55. The first-order chi connectivity index (χ1) is 7.75. The molecule has 6 nitrogen and oxygen atoms in total. The summed E-state index contributed by atoms with van der Waals surface area (Å²) in [6.07, 6.45) is 0. The fraction of sp³-hybridized carbons (Fsp3) is 0. The van der Waals surface area contributed by atoms with Crippen LogP contribution in [0.1, 0.15) is 0 Å². The molecule has 0 aliphatic rings. The molecule has 0 bridgehead atoms. The molecule has 3 rings (SSSR count). The number of imidazole rings is 1. The lowest BCUT2D eigenvalue weighted by molar-refractivity contribution is 1.11. The normalized spacial score (nSPS) is 11.0. The van der Waals surface area contributed by atoms with Gasteiger partial charge in [-0.3, -0.25) is 5.10 Å². The largest absolute Gasteiger partial charge is 0.383 e. The van der Waals surface area contributed by atoms with Gasteiger partial charge in [0.15, 0.2) is 5.82 Å². The number of hydrogen-bond acceptors (Lipinski definition) is 4. The molecule has 2 aromatic heterocycles. The van der Waals surface area contributed by atoms with Crippen molar-refractivity contribution < 1.29 is 0 Å². The van der Waals surface area contributed by atoms with Gasteiger partial charge in [0.25, 0.3) is 0 Å². The number of hydrogen-bond donors (Lipinski definition) is 4. The molecule has 2 heterocycles. The molecule has 6 N–H and O–H groups in total. The zero-order chi connectivity index (χ0) is 11.1. The summed E-state index contributed by atoms with van der Waals surface area (Å²) in [5, 5.41) is 6.45. The number of rotatable bonds is 1. The first-order valence-corrected chi connectivity index (χ1v) is 4.80. The van der Waals surface area contributed by atoms with Crippen molar-refractivity contribution in [3.8, 4) is 11.4 Å². The molecule has 0 radical (unpaired) electrons. The van der Waals surface area contributed by atoms with Crippen LogP contribution in [0.15, 0.2) is 24.3 Å². The van der Waals surface area contributed by atoms with Crippen molar-refractivity contribution in [2.75, 3.05) is 11.5 Å². The fourth-order valence-corrected chi connectivity index (χ4v) is 1.69. The predicted octanol–water partition coefficient (Wildman–Crippen LogP) is 1.12. The van der Waals surface area contributed by atoms with Crippen molar-refractivity contribution in [2.45, 2.75) is 0 Å². The molecular weight excluding hydrogens is 204 g/mol. The Morgan fingerprint density at radius 1 is 1.12 bits per heavy atom. The van der Waals surface area contributed by atoms with Crippen LogP contribution in [0.25, 0.3) is 22.4 Å². The Morgan fingerprint density at radius 2 is 1.94 bits per heavy atom. The SMILES string of the molecule is Nc1n[nH]c(N)c1-c1nc2ccccc2[nH]1. The Morgan fingerprint density at radius 3 is 2.62 bits per heavy atom. The second kappa shape index (κ2) is 2.99. The molecule has 0 saturated carbocycles. The number of nitrogens with zero attached hydrogens (tertiary/aromatic N) is 2. The van der Waals surface area contributed by atoms with E-state index >= 15 is 0 Å². The quantitative estimate of drug-likeness (QED) is 0.486. The molecule has 0 unspecified atom stereocenters. The third-order valence-electron chi connectivity index (χ3n) is 2.45. The molecule has 0 aliphatic heterocycles. The van der Waals surface area contributed by atoms with Crippen molar-refractivity contribution in [3.05, 3.63) is 24.3 Å². The fourth-order valence-electron chi connectivity index (χ4n) is 1.69. The molecule has 0 amide bonds. The summed E-state index contributed by atoms with van der Waals surface area (Å²) in [6, 6.07) is 7.72. The first kappa shape index (κ1) is 8.78. The third kappa shape index (κ3) is 1.13. The maximum absolute atomic E-state index is 5.74. The summed E-state index contributed by atoms with van der Waals surface area (Å²) >= 11 is 0. The second-order valence-corrected chi connectivity index (χ2v) is 3.50. The van der Waals surface area contributed by atoms with Crippen LogP contribution < -0.4 is 11.5 Å². The highest BCUT2D eigenvalue weighted by Gasteiger charge is 2.14. The van der Waals surface area contributed by atoms with E-state index in [0.29, 0.717) is 23.0 Å². The number of nitrogens with one attached hydrogen (secondary N) is 2. The van der Waals surface area contributed by atoms with Crippen LogP contribution in [0.3, 0.4) is 0 Å². The van der Waals surface area contributed by atoms with E-state index in [4.69, 9.17) is 11.5 Å². The second-order valence-electron chi connectivity index (χ2n) is 3.50. The number of aromatic nitrogens is 4. The van der Waals surface area contributed by atoms with Gasteiger partial charge in [-0.1, -0.05) is 12.1 Å². The number of aromatic amines is 2. The van der Waals surface area contributed by atoms with E-state index in [2.05, 4.69) is 20.2 Å². The molecule has 3 aromatic rings. The molecular formula is C10H10N6. The van der Waals surface area contributed by atoms with Crippen LogP contribution in [0.5, 0.6) is 0 Å². The van der Waals surface area contributed by atoms with Gasteiger partial charge in [-0.15, -0.1) is 0 Å². The van der Waals surface area contributed by atoms with E-state index in [1.807, 2.05) is 24.3 Å². The van der Waals surface area contributed by atoms with Crippen LogP contribution in [0.4, 0.5) is 11.6 Å². The number of nitrogen functional groups attached to an aromatic ring is 2. The molecule has 0 spiro atoms. The van der Waals surface area contributed by atoms with E-state index in [-0.39, 0.29) is 0 Å². The van der Waals surface area contributed by atoms with Gasteiger partial charge in [-0.2, -0.15) is 5.10 Å². The maximum atomic E-state index is 5.74. The Kier molecular flexibility index (Phi) is 1.64. The topological polar surface area (TPSA) is 109 Å². The number of anilines is 2. The number of para-hydroxylation sites is 2. The average molecular weight is 214 g/mol. The van der Waals surface area contributed by atoms with Crippen LogP contribution in [0, 0.1) is 0 Å².